The number of amides is 1. The van der Waals surface area contributed by atoms with Gasteiger partial charge in [0.25, 0.3) is 5.91 Å². The van der Waals surface area contributed by atoms with Gasteiger partial charge in [0.15, 0.2) is 0 Å². The molecule has 0 radical (unpaired) electrons. The summed E-state index contributed by atoms with van der Waals surface area (Å²) in [5.41, 5.74) is 0.589. The number of nitrogens with one attached hydrogen (secondary N) is 2. The van der Waals surface area contributed by atoms with Gasteiger partial charge in [-0.15, -0.1) is 0 Å². The Hall–Kier alpha value is -2.57. The molecule has 0 saturated carbocycles. The summed E-state index contributed by atoms with van der Waals surface area (Å²) in [6, 6.07) is 3.71. The smallest absolute Gasteiger partial charge is 0.254 e. The minimum Gasteiger partial charge on any atom is -0.466 e. The SMILES string of the molecule is Cc1cc(C(=O)NCCNc2cc(N3CCCC3)ncn2)c(C)o1. The molecule has 3 rings (SSSR count). The van der Waals surface area contributed by atoms with Crippen LogP contribution in [0.4, 0.5) is 11.6 Å². The van der Waals surface area contributed by atoms with Crippen LogP contribution in [0.25, 0.3) is 0 Å². The fourth-order valence-electron chi connectivity index (χ4n) is 2.88. The predicted molar refractivity (Wildman–Crippen MR) is 92.5 cm³/mol. The van der Waals surface area contributed by atoms with Gasteiger partial charge in [-0.25, -0.2) is 9.97 Å². The van der Waals surface area contributed by atoms with Gasteiger partial charge in [0.05, 0.1) is 5.56 Å². The summed E-state index contributed by atoms with van der Waals surface area (Å²) < 4.78 is 5.38. The summed E-state index contributed by atoms with van der Waals surface area (Å²) in [6.07, 6.45) is 4.00. The number of aryl methyl sites for hydroxylation is 2. The van der Waals surface area contributed by atoms with Crippen molar-refractivity contribution in [1.29, 1.82) is 0 Å². The average molecular weight is 329 g/mol. The fourth-order valence-corrected chi connectivity index (χ4v) is 2.88. The molecular formula is C17H23N5O2. The molecule has 0 unspecified atom stereocenters. The molecule has 2 aromatic rings. The molecule has 0 aromatic carbocycles. The zero-order valence-electron chi connectivity index (χ0n) is 14.1. The van der Waals surface area contributed by atoms with Crippen molar-refractivity contribution in [3.63, 3.8) is 0 Å². The van der Waals surface area contributed by atoms with Gasteiger partial charge in [-0.05, 0) is 32.8 Å². The second-order valence-corrected chi connectivity index (χ2v) is 5.97. The normalized spacial score (nSPS) is 14.0. The third kappa shape index (κ3) is 3.84. The van der Waals surface area contributed by atoms with E-state index in [1.54, 1.807) is 19.3 Å². The monoisotopic (exact) mass is 329 g/mol. The number of hydrogen-bond donors (Lipinski definition) is 2. The second-order valence-electron chi connectivity index (χ2n) is 5.97. The van der Waals surface area contributed by atoms with E-state index in [4.69, 9.17) is 4.42 Å². The van der Waals surface area contributed by atoms with Gasteiger partial charge in [0.1, 0.15) is 29.5 Å². The fraction of sp³-hybridized carbons (Fsp3) is 0.471. The van der Waals surface area contributed by atoms with Crippen molar-refractivity contribution in [3.05, 3.63) is 35.5 Å². The Morgan fingerprint density at radius 2 is 2.00 bits per heavy atom. The van der Waals surface area contributed by atoms with E-state index in [2.05, 4.69) is 25.5 Å². The highest BCUT2D eigenvalue weighted by atomic mass is 16.3. The van der Waals surface area contributed by atoms with Crippen molar-refractivity contribution in [2.24, 2.45) is 0 Å². The van der Waals surface area contributed by atoms with Crippen molar-refractivity contribution < 1.29 is 9.21 Å². The molecule has 0 bridgehead atoms. The number of carbonyl (C=O) groups is 1. The number of aromatic nitrogens is 2. The average Bonchev–Trinajstić information content (AvgIpc) is 3.21. The Balaban J connectivity index is 1.47. The van der Waals surface area contributed by atoms with Crippen molar-refractivity contribution in [2.45, 2.75) is 26.7 Å². The van der Waals surface area contributed by atoms with Gasteiger partial charge in [0, 0.05) is 32.2 Å². The molecule has 1 saturated heterocycles. The largest absolute Gasteiger partial charge is 0.466 e. The molecular weight excluding hydrogens is 306 g/mol. The number of furan rings is 1. The lowest BCUT2D eigenvalue weighted by atomic mass is 10.2. The Bertz CT molecular complexity index is 707. The highest BCUT2D eigenvalue weighted by molar-refractivity contribution is 5.95. The molecule has 1 fully saturated rings. The van der Waals surface area contributed by atoms with Crippen LogP contribution in [-0.4, -0.2) is 42.1 Å². The molecule has 7 nitrogen and oxygen atoms in total. The lowest BCUT2D eigenvalue weighted by molar-refractivity contribution is 0.0953. The van der Waals surface area contributed by atoms with Crippen LogP contribution < -0.4 is 15.5 Å². The summed E-state index contributed by atoms with van der Waals surface area (Å²) in [5.74, 6) is 3.00. The predicted octanol–water partition coefficient (Wildman–Crippen LogP) is 2.13. The molecule has 0 aliphatic carbocycles. The molecule has 7 heteroatoms. The molecule has 2 aromatic heterocycles. The standard InChI is InChI=1S/C17H23N5O2/c1-12-9-14(13(2)24-12)17(23)19-6-5-18-15-10-16(21-11-20-15)22-7-3-4-8-22/h9-11H,3-8H2,1-2H3,(H,19,23)(H,18,20,21). The Kier molecular flexibility index (Phi) is 4.98. The first-order valence-corrected chi connectivity index (χ1v) is 8.29. The number of nitrogens with zero attached hydrogens (tertiary/aromatic N) is 3. The first-order chi connectivity index (χ1) is 11.6. The molecule has 1 aliphatic rings. The van der Waals surface area contributed by atoms with E-state index >= 15 is 0 Å². The van der Waals surface area contributed by atoms with Crippen molar-refractivity contribution in [2.75, 3.05) is 36.4 Å². The van der Waals surface area contributed by atoms with Gasteiger partial charge in [-0.1, -0.05) is 0 Å². The summed E-state index contributed by atoms with van der Waals surface area (Å²) in [4.78, 5) is 22.9. The number of carbonyl (C=O) groups excluding carboxylic acids is 1. The Morgan fingerprint density at radius 1 is 1.21 bits per heavy atom. The Morgan fingerprint density at radius 3 is 2.71 bits per heavy atom. The quantitative estimate of drug-likeness (QED) is 0.790. The van der Waals surface area contributed by atoms with E-state index in [9.17, 15) is 4.79 Å². The van der Waals surface area contributed by atoms with Crippen LogP contribution in [0.1, 0.15) is 34.7 Å². The molecule has 3 heterocycles. The van der Waals surface area contributed by atoms with Crippen LogP contribution in [-0.2, 0) is 0 Å². The van der Waals surface area contributed by atoms with Gasteiger partial charge in [-0.2, -0.15) is 0 Å². The van der Waals surface area contributed by atoms with Gasteiger partial charge >= 0.3 is 0 Å². The van der Waals surface area contributed by atoms with Crippen LogP contribution in [0.2, 0.25) is 0 Å². The number of rotatable bonds is 6. The maximum Gasteiger partial charge on any atom is 0.254 e. The van der Waals surface area contributed by atoms with Crippen molar-refractivity contribution in [1.82, 2.24) is 15.3 Å². The van der Waals surface area contributed by atoms with Gasteiger partial charge < -0.3 is 20.0 Å². The third-order valence-electron chi connectivity index (χ3n) is 4.08. The van der Waals surface area contributed by atoms with E-state index in [-0.39, 0.29) is 5.91 Å². The first kappa shape index (κ1) is 16.3. The van der Waals surface area contributed by atoms with Crippen LogP contribution in [0, 0.1) is 13.8 Å². The van der Waals surface area contributed by atoms with E-state index in [1.807, 2.05) is 13.0 Å². The van der Waals surface area contributed by atoms with Gasteiger partial charge in [0.2, 0.25) is 0 Å². The van der Waals surface area contributed by atoms with E-state index in [1.165, 1.54) is 12.8 Å². The highest BCUT2D eigenvalue weighted by Crippen LogP contribution is 2.19. The summed E-state index contributed by atoms with van der Waals surface area (Å²) in [5, 5.41) is 6.10. The van der Waals surface area contributed by atoms with Crippen molar-refractivity contribution >= 4 is 17.5 Å². The minimum absolute atomic E-state index is 0.119. The third-order valence-corrected chi connectivity index (χ3v) is 4.08. The van der Waals surface area contributed by atoms with Crippen LogP contribution in [0.5, 0.6) is 0 Å². The molecule has 1 amide bonds. The molecule has 2 N–H and O–H groups in total. The van der Waals surface area contributed by atoms with Crippen LogP contribution in [0.3, 0.4) is 0 Å². The van der Waals surface area contributed by atoms with Crippen LogP contribution >= 0.6 is 0 Å². The van der Waals surface area contributed by atoms with E-state index < -0.39 is 0 Å². The topological polar surface area (TPSA) is 83.3 Å². The second kappa shape index (κ2) is 7.33. The zero-order valence-corrected chi connectivity index (χ0v) is 14.1. The lowest BCUT2D eigenvalue weighted by Gasteiger charge is -2.16. The molecule has 1 aliphatic heterocycles. The lowest BCUT2D eigenvalue weighted by Crippen LogP contribution is -2.29. The van der Waals surface area contributed by atoms with Gasteiger partial charge in [-0.3, -0.25) is 4.79 Å². The summed E-state index contributed by atoms with van der Waals surface area (Å²) >= 11 is 0. The molecule has 0 spiro atoms. The summed E-state index contributed by atoms with van der Waals surface area (Å²) in [7, 11) is 0. The maximum atomic E-state index is 12.1. The summed E-state index contributed by atoms with van der Waals surface area (Å²) in [6.45, 7) is 6.83. The molecule has 24 heavy (non-hydrogen) atoms. The highest BCUT2D eigenvalue weighted by Gasteiger charge is 2.14. The maximum absolute atomic E-state index is 12.1. The van der Waals surface area contributed by atoms with E-state index in [0.717, 1.165) is 30.5 Å². The zero-order chi connectivity index (χ0) is 16.9. The first-order valence-electron chi connectivity index (χ1n) is 8.29. The van der Waals surface area contributed by atoms with Crippen molar-refractivity contribution in [3.8, 4) is 0 Å². The number of hydrogen-bond acceptors (Lipinski definition) is 6. The van der Waals surface area contributed by atoms with E-state index in [0.29, 0.717) is 24.4 Å². The minimum atomic E-state index is -0.119. The molecule has 0 atom stereocenters. The van der Waals surface area contributed by atoms with Crippen LogP contribution in [0.15, 0.2) is 22.9 Å². The molecule has 128 valence electrons. The number of anilines is 2. The Labute approximate surface area is 141 Å².